The molecule has 1 aliphatic rings. The lowest BCUT2D eigenvalue weighted by Gasteiger charge is -2.30. The molecule has 1 fully saturated rings. The number of aromatic nitrogens is 4. The molecule has 3 heterocycles. The predicted molar refractivity (Wildman–Crippen MR) is 79.0 cm³/mol. The number of rotatable bonds is 3. The van der Waals surface area contributed by atoms with E-state index in [0.717, 1.165) is 12.8 Å². The first kappa shape index (κ1) is 14.5. The number of imidazole rings is 1. The Kier molecular flexibility index (Phi) is 3.97. The molecule has 2 aromatic rings. The number of nitrogens with zero attached hydrogens (tertiary/aromatic N) is 4. The highest BCUT2D eigenvalue weighted by atomic mass is 35.5. The van der Waals surface area contributed by atoms with Crippen LogP contribution in [-0.4, -0.2) is 38.3 Å². The highest BCUT2D eigenvalue weighted by Gasteiger charge is 2.26. The minimum Gasteiger partial charge on any atom is -0.373 e. The number of halogens is 1. The summed E-state index contributed by atoms with van der Waals surface area (Å²) < 4.78 is 13.5. The zero-order valence-corrected chi connectivity index (χ0v) is 12.7. The van der Waals surface area contributed by atoms with Gasteiger partial charge >= 0.3 is 0 Å². The second-order valence-electron chi connectivity index (χ2n) is 5.37. The first-order chi connectivity index (χ1) is 10.0. The van der Waals surface area contributed by atoms with Crippen LogP contribution in [0.3, 0.4) is 0 Å². The summed E-state index contributed by atoms with van der Waals surface area (Å²) in [6, 6.07) is 0. The summed E-state index contributed by atoms with van der Waals surface area (Å²) in [5.41, 5.74) is 6.79. The lowest BCUT2D eigenvalue weighted by Crippen LogP contribution is -2.31. The molecule has 2 unspecified atom stereocenters. The number of nitrogen functional groups attached to an aromatic ring is 1. The van der Waals surface area contributed by atoms with Gasteiger partial charge < -0.3 is 15.2 Å². The topological polar surface area (TPSA) is 88.1 Å². The van der Waals surface area contributed by atoms with Crippen LogP contribution in [0.5, 0.6) is 0 Å². The average Bonchev–Trinajstić information content (AvgIpc) is 2.83. The first-order valence-electron chi connectivity index (χ1n) is 6.97. The van der Waals surface area contributed by atoms with E-state index in [1.54, 1.807) is 6.33 Å². The van der Waals surface area contributed by atoms with Crippen molar-refractivity contribution in [2.24, 2.45) is 0 Å². The molecule has 1 aliphatic heterocycles. The minimum atomic E-state index is -0.132. The molecule has 0 amide bonds. The summed E-state index contributed by atoms with van der Waals surface area (Å²) in [5, 5.41) is 0.257. The van der Waals surface area contributed by atoms with Gasteiger partial charge in [0.2, 0.25) is 5.95 Å². The molecular weight excluding hydrogens is 294 g/mol. The quantitative estimate of drug-likeness (QED) is 0.874. The summed E-state index contributed by atoms with van der Waals surface area (Å²) in [5.74, 6) is 0.131. The van der Waals surface area contributed by atoms with Gasteiger partial charge in [0.15, 0.2) is 10.8 Å². The monoisotopic (exact) mass is 311 g/mol. The zero-order valence-electron chi connectivity index (χ0n) is 12.0. The summed E-state index contributed by atoms with van der Waals surface area (Å²) >= 11 is 6.03. The standard InChI is InChI=1S/C13H18ClN5O2/c1-7(2)21-8-3-4-9(20-5-8)19-6-16-10-11(14)17-13(15)18-12(10)19/h6-9H,3-5H2,1-2H3,(H2,15,17,18). The van der Waals surface area contributed by atoms with Crippen molar-refractivity contribution in [1.29, 1.82) is 0 Å². The van der Waals surface area contributed by atoms with Crippen molar-refractivity contribution in [1.82, 2.24) is 19.5 Å². The van der Waals surface area contributed by atoms with Crippen LogP contribution in [0.4, 0.5) is 5.95 Å². The van der Waals surface area contributed by atoms with Crippen LogP contribution in [0.25, 0.3) is 11.2 Å². The van der Waals surface area contributed by atoms with Crippen LogP contribution in [0, 0.1) is 0 Å². The van der Waals surface area contributed by atoms with E-state index in [1.807, 2.05) is 18.4 Å². The van der Waals surface area contributed by atoms with Crippen molar-refractivity contribution in [3.8, 4) is 0 Å². The lowest BCUT2D eigenvalue weighted by molar-refractivity contribution is -0.123. The van der Waals surface area contributed by atoms with Gasteiger partial charge in [-0.15, -0.1) is 0 Å². The molecule has 0 radical (unpaired) electrons. The normalized spacial score (nSPS) is 23.0. The number of hydrogen-bond donors (Lipinski definition) is 1. The maximum Gasteiger partial charge on any atom is 0.223 e. The molecule has 2 N–H and O–H groups in total. The zero-order chi connectivity index (χ0) is 15.0. The Morgan fingerprint density at radius 2 is 2.24 bits per heavy atom. The second kappa shape index (κ2) is 5.75. The SMILES string of the molecule is CC(C)OC1CCC(n2cnc3c(Cl)nc(N)nc32)OC1. The van der Waals surface area contributed by atoms with Crippen LogP contribution in [0.2, 0.25) is 5.15 Å². The largest absolute Gasteiger partial charge is 0.373 e. The maximum atomic E-state index is 6.03. The third-order valence-corrected chi connectivity index (χ3v) is 3.64. The van der Waals surface area contributed by atoms with E-state index < -0.39 is 0 Å². The van der Waals surface area contributed by atoms with Crippen molar-refractivity contribution in [2.45, 2.75) is 45.1 Å². The minimum absolute atomic E-state index is 0.131. The smallest absolute Gasteiger partial charge is 0.223 e. The Balaban J connectivity index is 1.80. The molecule has 1 saturated heterocycles. The molecule has 3 rings (SSSR count). The van der Waals surface area contributed by atoms with E-state index in [0.29, 0.717) is 17.8 Å². The molecule has 114 valence electrons. The summed E-state index contributed by atoms with van der Waals surface area (Å²) in [4.78, 5) is 12.4. The molecule has 0 bridgehead atoms. The Morgan fingerprint density at radius 1 is 1.43 bits per heavy atom. The fourth-order valence-corrected chi connectivity index (χ4v) is 2.75. The second-order valence-corrected chi connectivity index (χ2v) is 5.73. The number of ether oxygens (including phenoxy) is 2. The van der Waals surface area contributed by atoms with Crippen molar-refractivity contribution < 1.29 is 9.47 Å². The highest BCUT2D eigenvalue weighted by Crippen LogP contribution is 2.29. The van der Waals surface area contributed by atoms with Crippen molar-refractivity contribution in [2.75, 3.05) is 12.3 Å². The lowest BCUT2D eigenvalue weighted by atomic mass is 10.1. The van der Waals surface area contributed by atoms with Crippen molar-refractivity contribution in [3.63, 3.8) is 0 Å². The van der Waals surface area contributed by atoms with E-state index in [2.05, 4.69) is 15.0 Å². The maximum absolute atomic E-state index is 6.03. The van der Waals surface area contributed by atoms with Crippen LogP contribution in [0.15, 0.2) is 6.33 Å². The summed E-state index contributed by atoms with van der Waals surface area (Å²) in [6.07, 6.45) is 3.63. The molecule has 2 atom stereocenters. The Hall–Kier alpha value is -1.44. The fraction of sp³-hybridized carbons (Fsp3) is 0.615. The van der Waals surface area contributed by atoms with Gasteiger partial charge in [0, 0.05) is 0 Å². The molecule has 7 nitrogen and oxygen atoms in total. The van der Waals surface area contributed by atoms with Crippen LogP contribution in [0.1, 0.15) is 32.9 Å². The number of anilines is 1. The van der Waals surface area contributed by atoms with Gasteiger partial charge in [0.05, 0.1) is 25.1 Å². The van der Waals surface area contributed by atoms with Gasteiger partial charge in [-0.25, -0.2) is 4.98 Å². The number of nitrogens with two attached hydrogens (primary N) is 1. The average molecular weight is 312 g/mol. The third-order valence-electron chi connectivity index (χ3n) is 3.38. The number of fused-ring (bicyclic) bond motifs is 1. The van der Waals surface area contributed by atoms with Crippen LogP contribution >= 0.6 is 11.6 Å². The predicted octanol–water partition coefficient (Wildman–Crippen LogP) is 2.16. The van der Waals surface area contributed by atoms with E-state index in [-0.39, 0.29) is 29.5 Å². The van der Waals surface area contributed by atoms with Crippen molar-refractivity contribution >= 4 is 28.7 Å². The Morgan fingerprint density at radius 3 is 2.90 bits per heavy atom. The number of hydrogen-bond acceptors (Lipinski definition) is 6. The van der Waals surface area contributed by atoms with Gasteiger partial charge in [-0.1, -0.05) is 11.6 Å². The molecule has 2 aromatic heterocycles. The molecule has 21 heavy (non-hydrogen) atoms. The van der Waals surface area contributed by atoms with Gasteiger partial charge in [-0.05, 0) is 26.7 Å². The van der Waals surface area contributed by atoms with Gasteiger partial charge in [0.25, 0.3) is 0 Å². The molecule has 8 heteroatoms. The van der Waals surface area contributed by atoms with E-state index >= 15 is 0 Å². The van der Waals surface area contributed by atoms with E-state index in [9.17, 15) is 0 Å². The van der Waals surface area contributed by atoms with Gasteiger partial charge in [-0.3, -0.25) is 4.57 Å². The van der Waals surface area contributed by atoms with Crippen LogP contribution in [-0.2, 0) is 9.47 Å². The Labute approximate surface area is 127 Å². The Bertz CT molecular complexity index is 637. The van der Waals surface area contributed by atoms with Crippen molar-refractivity contribution in [3.05, 3.63) is 11.5 Å². The van der Waals surface area contributed by atoms with Crippen LogP contribution < -0.4 is 5.73 Å². The summed E-state index contributed by atoms with van der Waals surface area (Å²) in [6.45, 7) is 4.60. The van der Waals surface area contributed by atoms with E-state index in [4.69, 9.17) is 26.8 Å². The van der Waals surface area contributed by atoms with Gasteiger partial charge in [-0.2, -0.15) is 9.97 Å². The molecular formula is C13H18ClN5O2. The summed E-state index contributed by atoms with van der Waals surface area (Å²) in [7, 11) is 0. The van der Waals surface area contributed by atoms with E-state index in [1.165, 1.54) is 0 Å². The molecule has 0 aromatic carbocycles. The van der Waals surface area contributed by atoms with Gasteiger partial charge in [0.1, 0.15) is 11.7 Å². The first-order valence-corrected chi connectivity index (χ1v) is 7.35. The molecule has 0 spiro atoms. The molecule has 0 aliphatic carbocycles. The molecule has 0 saturated carbocycles. The fourth-order valence-electron chi connectivity index (χ4n) is 2.53. The highest BCUT2D eigenvalue weighted by molar-refractivity contribution is 6.33. The third kappa shape index (κ3) is 2.95.